The molecule has 2 N–H and O–H groups in total. The Kier molecular flexibility index (Phi) is 3.87. The molecule has 0 bridgehead atoms. The molecule has 0 amide bonds. The first-order valence-electron chi connectivity index (χ1n) is 7.09. The van der Waals surface area contributed by atoms with Gasteiger partial charge in [0.1, 0.15) is 5.82 Å². The van der Waals surface area contributed by atoms with Crippen molar-refractivity contribution in [3.05, 3.63) is 65.9 Å². The predicted octanol–water partition coefficient (Wildman–Crippen LogP) is 2.99. The van der Waals surface area contributed by atoms with Crippen LogP contribution < -0.4 is 5.73 Å². The van der Waals surface area contributed by atoms with Crippen LogP contribution in [0.1, 0.15) is 11.1 Å². The summed E-state index contributed by atoms with van der Waals surface area (Å²) in [6.45, 7) is 0. The van der Waals surface area contributed by atoms with E-state index in [2.05, 4.69) is 10.1 Å². The van der Waals surface area contributed by atoms with E-state index >= 15 is 0 Å². The molecule has 112 valence electrons. The Labute approximate surface area is 128 Å². The van der Waals surface area contributed by atoms with Gasteiger partial charge in [0.05, 0.1) is 11.9 Å². The number of hydrogen-bond donors (Lipinski definition) is 1. The molecule has 3 aromatic rings. The lowest BCUT2D eigenvalue weighted by Gasteiger charge is -2.06. The number of aryl methyl sites for hydroxylation is 3. The summed E-state index contributed by atoms with van der Waals surface area (Å²) in [5.41, 5.74) is 9.66. The van der Waals surface area contributed by atoms with Gasteiger partial charge in [0.25, 0.3) is 0 Å². The predicted molar refractivity (Wildman–Crippen MR) is 84.7 cm³/mol. The number of pyridine rings is 1. The second kappa shape index (κ2) is 5.97. The molecular weight excluding hydrogens is 279 g/mol. The smallest absolute Gasteiger partial charge is 0.128 e. The van der Waals surface area contributed by atoms with Crippen LogP contribution in [0, 0.1) is 5.82 Å². The summed E-state index contributed by atoms with van der Waals surface area (Å²) in [5.74, 6) is -0.249. The van der Waals surface area contributed by atoms with Crippen molar-refractivity contribution in [2.75, 3.05) is 5.73 Å². The van der Waals surface area contributed by atoms with Crippen molar-refractivity contribution < 1.29 is 4.39 Å². The number of nitrogens with two attached hydrogens (primary N) is 1. The largest absolute Gasteiger partial charge is 0.399 e. The molecular formula is C17H17FN4. The maximum absolute atomic E-state index is 13.8. The molecule has 5 heteroatoms. The maximum atomic E-state index is 13.8. The van der Waals surface area contributed by atoms with Crippen LogP contribution in [0.5, 0.6) is 0 Å². The summed E-state index contributed by atoms with van der Waals surface area (Å²) in [6, 6.07) is 8.81. The first-order valence-corrected chi connectivity index (χ1v) is 7.09. The highest BCUT2D eigenvalue weighted by Crippen LogP contribution is 2.19. The molecule has 0 aliphatic rings. The zero-order valence-corrected chi connectivity index (χ0v) is 12.3. The molecule has 0 aliphatic heterocycles. The first kappa shape index (κ1) is 14.3. The minimum atomic E-state index is -0.249. The number of halogens is 1. The number of anilines is 1. The van der Waals surface area contributed by atoms with Crippen LogP contribution in [0.15, 0.2) is 48.9 Å². The van der Waals surface area contributed by atoms with Gasteiger partial charge >= 0.3 is 0 Å². The minimum absolute atomic E-state index is 0.249. The third-order valence-electron chi connectivity index (χ3n) is 3.59. The maximum Gasteiger partial charge on any atom is 0.128 e. The van der Waals surface area contributed by atoms with E-state index in [0.29, 0.717) is 17.7 Å². The van der Waals surface area contributed by atoms with Crippen molar-refractivity contribution in [3.8, 4) is 11.3 Å². The van der Waals surface area contributed by atoms with Gasteiger partial charge in [0.2, 0.25) is 0 Å². The van der Waals surface area contributed by atoms with Gasteiger partial charge in [-0.3, -0.25) is 9.67 Å². The molecule has 22 heavy (non-hydrogen) atoms. The molecule has 1 aromatic carbocycles. The lowest BCUT2D eigenvalue weighted by atomic mass is 10.0. The molecule has 2 heterocycles. The van der Waals surface area contributed by atoms with E-state index in [0.717, 1.165) is 23.2 Å². The van der Waals surface area contributed by atoms with Gasteiger partial charge in [-0.1, -0.05) is 6.07 Å². The van der Waals surface area contributed by atoms with Crippen LogP contribution in [0.25, 0.3) is 11.3 Å². The van der Waals surface area contributed by atoms with Gasteiger partial charge in [0, 0.05) is 30.7 Å². The molecule has 4 nitrogen and oxygen atoms in total. The Hall–Kier alpha value is -2.69. The zero-order valence-electron chi connectivity index (χ0n) is 12.3. The monoisotopic (exact) mass is 296 g/mol. The Balaban J connectivity index is 1.75. The SMILES string of the molecule is Cn1cc(-c2cc(CCc3ccc(N)cc3F)ccn2)cn1. The molecule has 0 saturated carbocycles. The van der Waals surface area contributed by atoms with E-state index < -0.39 is 0 Å². The standard InChI is InChI=1S/C17H17FN4/c1-22-11-14(10-21-22)17-8-12(6-7-20-17)2-3-13-4-5-15(19)9-16(13)18/h4-11H,2-3,19H2,1H3. The molecule has 0 saturated heterocycles. The van der Waals surface area contributed by atoms with Gasteiger partial charge < -0.3 is 5.73 Å². The Morgan fingerprint density at radius 1 is 1.18 bits per heavy atom. The van der Waals surface area contributed by atoms with Crippen LogP contribution in [-0.4, -0.2) is 14.8 Å². The molecule has 2 aromatic heterocycles. The Morgan fingerprint density at radius 2 is 2.05 bits per heavy atom. The fraction of sp³-hybridized carbons (Fsp3) is 0.176. The van der Waals surface area contributed by atoms with Crippen molar-refractivity contribution in [2.45, 2.75) is 12.8 Å². The molecule has 3 rings (SSSR count). The lowest BCUT2D eigenvalue weighted by Crippen LogP contribution is -1.97. The molecule has 0 fully saturated rings. The van der Waals surface area contributed by atoms with Crippen LogP contribution in [0.2, 0.25) is 0 Å². The second-order valence-corrected chi connectivity index (χ2v) is 5.30. The van der Waals surface area contributed by atoms with Crippen molar-refractivity contribution in [1.82, 2.24) is 14.8 Å². The normalized spacial score (nSPS) is 10.8. The number of nitrogen functional groups attached to an aromatic ring is 1. The highest BCUT2D eigenvalue weighted by atomic mass is 19.1. The summed E-state index contributed by atoms with van der Waals surface area (Å²) < 4.78 is 15.5. The van der Waals surface area contributed by atoms with E-state index in [1.807, 2.05) is 25.4 Å². The number of rotatable bonds is 4. The average Bonchev–Trinajstić information content (AvgIpc) is 2.93. The molecule has 0 atom stereocenters. The highest BCUT2D eigenvalue weighted by Gasteiger charge is 2.06. The van der Waals surface area contributed by atoms with Gasteiger partial charge in [-0.2, -0.15) is 5.10 Å². The van der Waals surface area contributed by atoms with Crippen LogP contribution in [0.4, 0.5) is 10.1 Å². The topological polar surface area (TPSA) is 56.7 Å². The first-order chi connectivity index (χ1) is 10.6. The van der Waals surface area contributed by atoms with Gasteiger partial charge in [-0.15, -0.1) is 0 Å². The van der Waals surface area contributed by atoms with Crippen molar-refractivity contribution >= 4 is 5.69 Å². The number of benzene rings is 1. The number of aromatic nitrogens is 3. The van der Waals surface area contributed by atoms with E-state index in [1.54, 1.807) is 29.2 Å². The van der Waals surface area contributed by atoms with Crippen molar-refractivity contribution in [1.29, 1.82) is 0 Å². The van der Waals surface area contributed by atoms with Gasteiger partial charge in [-0.25, -0.2) is 4.39 Å². The van der Waals surface area contributed by atoms with Crippen LogP contribution in [0.3, 0.4) is 0 Å². The molecule has 0 radical (unpaired) electrons. The average molecular weight is 296 g/mol. The Bertz CT molecular complexity index is 795. The lowest BCUT2D eigenvalue weighted by molar-refractivity contribution is 0.609. The van der Waals surface area contributed by atoms with Crippen molar-refractivity contribution in [3.63, 3.8) is 0 Å². The van der Waals surface area contributed by atoms with E-state index in [4.69, 9.17) is 5.73 Å². The van der Waals surface area contributed by atoms with Gasteiger partial charge in [-0.05, 0) is 48.2 Å². The molecule has 0 aliphatic carbocycles. The third kappa shape index (κ3) is 3.14. The van der Waals surface area contributed by atoms with Crippen molar-refractivity contribution in [2.24, 2.45) is 7.05 Å². The summed E-state index contributed by atoms with van der Waals surface area (Å²) >= 11 is 0. The quantitative estimate of drug-likeness (QED) is 0.753. The minimum Gasteiger partial charge on any atom is -0.399 e. The summed E-state index contributed by atoms with van der Waals surface area (Å²) in [7, 11) is 1.87. The zero-order chi connectivity index (χ0) is 15.5. The molecule has 0 unspecified atom stereocenters. The van der Waals surface area contributed by atoms with E-state index in [1.165, 1.54) is 6.07 Å². The summed E-state index contributed by atoms with van der Waals surface area (Å²) in [4.78, 5) is 4.36. The third-order valence-corrected chi connectivity index (χ3v) is 3.59. The second-order valence-electron chi connectivity index (χ2n) is 5.30. The van der Waals surface area contributed by atoms with E-state index in [-0.39, 0.29) is 5.82 Å². The number of hydrogen-bond acceptors (Lipinski definition) is 3. The van der Waals surface area contributed by atoms with Gasteiger partial charge in [0.15, 0.2) is 0 Å². The fourth-order valence-corrected chi connectivity index (χ4v) is 2.39. The van der Waals surface area contributed by atoms with Crippen LogP contribution in [-0.2, 0) is 19.9 Å². The van der Waals surface area contributed by atoms with Crippen LogP contribution >= 0.6 is 0 Å². The fourth-order valence-electron chi connectivity index (χ4n) is 2.39. The summed E-state index contributed by atoms with van der Waals surface area (Å²) in [6.07, 6.45) is 6.85. The highest BCUT2D eigenvalue weighted by molar-refractivity contribution is 5.57. The summed E-state index contributed by atoms with van der Waals surface area (Å²) in [5, 5.41) is 4.15. The number of nitrogens with zero attached hydrogens (tertiary/aromatic N) is 3. The van der Waals surface area contributed by atoms with E-state index in [9.17, 15) is 4.39 Å². The molecule has 0 spiro atoms. The Morgan fingerprint density at radius 3 is 2.77 bits per heavy atom.